The Kier molecular flexibility index (Phi) is 9.99. The van der Waals surface area contributed by atoms with E-state index >= 15 is 0 Å². The maximum absolute atomic E-state index is 13.8. The highest BCUT2D eigenvalue weighted by Crippen LogP contribution is 2.27. The molecule has 180 valence electrons. The molecule has 0 saturated heterocycles. The molecule has 2 aromatic carbocycles. The summed E-state index contributed by atoms with van der Waals surface area (Å²) in [5.41, 5.74) is 0.487. The molecule has 2 amide bonds. The largest absolute Gasteiger partial charge is 0.493 e. The number of methoxy groups -OCH3 is 2. The van der Waals surface area contributed by atoms with Crippen molar-refractivity contribution in [2.75, 3.05) is 45.7 Å². The van der Waals surface area contributed by atoms with Gasteiger partial charge in [0, 0.05) is 6.54 Å². The van der Waals surface area contributed by atoms with E-state index in [1.807, 2.05) is 19.1 Å². The smallest absolute Gasteiger partial charge is 0.238 e. The fourth-order valence-electron chi connectivity index (χ4n) is 3.19. The monoisotopic (exact) mass is 467 g/mol. The first-order valence-corrected chi connectivity index (χ1v) is 10.4. The molecule has 0 heterocycles. The van der Waals surface area contributed by atoms with Crippen LogP contribution in [0.5, 0.6) is 11.5 Å². The Labute approximate surface area is 190 Å². The van der Waals surface area contributed by atoms with E-state index in [-0.39, 0.29) is 19.0 Å². The zero-order valence-corrected chi connectivity index (χ0v) is 18.8. The van der Waals surface area contributed by atoms with Gasteiger partial charge in [-0.1, -0.05) is 13.0 Å². The van der Waals surface area contributed by atoms with Crippen molar-refractivity contribution in [3.05, 3.63) is 53.3 Å². The third kappa shape index (κ3) is 7.67. The molecule has 7 nitrogen and oxygen atoms in total. The number of nitrogens with one attached hydrogen (secondary N) is 2. The molecule has 0 bridgehead atoms. The van der Waals surface area contributed by atoms with Crippen LogP contribution in [0, 0.1) is 17.5 Å². The van der Waals surface area contributed by atoms with Crippen LogP contribution in [0.4, 0.5) is 18.9 Å². The standard InChI is InChI=1S/C23H28F3N3O4/c1-4-11-29(14-21(31)28-17-7-6-16(24)22(25)23(17)26)13-20(30)27-10-9-15-5-8-18(32-2)19(12-15)33-3/h5-8,12H,4,9-11,13-14H2,1-3H3,(H,27,30)(H,28,31). The van der Waals surface area contributed by atoms with E-state index in [1.165, 1.54) is 0 Å². The Morgan fingerprint density at radius 3 is 2.30 bits per heavy atom. The number of carbonyl (C=O) groups is 2. The van der Waals surface area contributed by atoms with Gasteiger partial charge in [0.2, 0.25) is 11.8 Å². The number of halogens is 3. The van der Waals surface area contributed by atoms with Gasteiger partial charge in [0.25, 0.3) is 0 Å². The average molecular weight is 467 g/mol. The number of nitrogens with zero attached hydrogens (tertiary/aromatic N) is 1. The van der Waals surface area contributed by atoms with Crippen molar-refractivity contribution < 1.29 is 32.2 Å². The van der Waals surface area contributed by atoms with Gasteiger partial charge >= 0.3 is 0 Å². The SMILES string of the molecule is CCCN(CC(=O)NCCc1ccc(OC)c(OC)c1)CC(=O)Nc1ccc(F)c(F)c1F. The molecule has 0 aliphatic carbocycles. The highest BCUT2D eigenvalue weighted by molar-refractivity contribution is 5.92. The molecule has 0 aliphatic heterocycles. The Balaban J connectivity index is 1.86. The number of ether oxygens (including phenoxy) is 2. The predicted molar refractivity (Wildman–Crippen MR) is 118 cm³/mol. The zero-order valence-electron chi connectivity index (χ0n) is 18.8. The molecule has 0 aromatic heterocycles. The predicted octanol–water partition coefficient (Wildman–Crippen LogP) is 3.13. The van der Waals surface area contributed by atoms with Crippen LogP contribution >= 0.6 is 0 Å². The molecule has 0 spiro atoms. The number of benzene rings is 2. The fraction of sp³-hybridized carbons (Fsp3) is 0.391. The van der Waals surface area contributed by atoms with E-state index in [2.05, 4.69) is 10.6 Å². The number of carbonyl (C=O) groups excluding carboxylic acids is 2. The minimum atomic E-state index is -1.66. The maximum Gasteiger partial charge on any atom is 0.238 e. The molecule has 10 heteroatoms. The summed E-state index contributed by atoms with van der Waals surface area (Å²) in [6.45, 7) is 2.44. The van der Waals surface area contributed by atoms with Crippen molar-refractivity contribution >= 4 is 17.5 Å². The fourth-order valence-corrected chi connectivity index (χ4v) is 3.19. The van der Waals surface area contributed by atoms with Gasteiger partial charge in [-0.15, -0.1) is 0 Å². The molecular weight excluding hydrogens is 439 g/mol. The van der Waals surface area contributed by atoms with Crippen molar-refractivity contribution in [2.24, 2.45) is 0 Å². The summed E-state index contributed by atoms with van der Waals surface area (Å²) < 4.78 is 50.6. The van der Waals surface area contributed by atoms with Crippen LogP contribution in [-0.4, -0.2) is 57.1 Å². The lowest BCUT2D eigenvalue weighted by atomic mass is 10.1. The third-order valence-electron chi connectivity index (χ3n) is 4.77. The van der Waals surface area contributed by atoms with Crippen molar-refractivity contribution in [3.8, 4) is 11.5 Å². The van der Waals surface area contributed by atoms with Crippen LogP contribution in [0.15, 0.2) is 30.3 Å². The average Bonchev–Trinajstić information content (AvgIpc) is 2.79. The van der Waals surface area contributed by atoms with E-state index in [4.69, 9.17) is 9.47 Å². The first kappa shape index (κ1) is 26.0. The number of hydrogen-bond donors (Lipinski definition) is 2. The van der Waals surface area contributed by atoms with Crippen molar-refractivity contribution in [2.45, 2.75) is 19.8 Å². The van der Waals surface area contributed by atoms with E-state index in [0.717, 1.165) is 17.7 Å². The first-order valence-electron chi connectivity index (χ1n) is 10.4. The van der Waals surface area contributed by atoms with Crippen molar-refractivity contribution in [3.63, 3.8) is 0 Å². The Bertz CT molecular complexity index is 972. The second-order valence-electron chi connectivity index (χ2n) is 7.27. The Morgan fingerprint density at radius 2 is 1.64 bits per heavy atom. The molecule has 0 saturated carbocycles. The summed E-state index contributed by atoms with van der Waals surface area (Å²) in [5, 5.41) is 5.01. The molecule has 2 rings (SSSR count). The number of rotatable bonds is 12. The number of hydrogen-bond acceptors (Lipinski definition) is 5. The molecule has 0 radical (unpaired) electrons. The van der Waals surface area contributed by atoms with Gasteiger partial charge in [-0.3, -0.25) is 14.5 Å². The number of amides is 2. The second kappa shape index (κ2) is 12.7. The van der Waals surface area contributed by atoms with Gasteiger partial charge in [-0.2, -0.15) is 0 Å². The first-order chi connectivity index (χ1) is 15.8. The molecule has 33 heavy (non-hydrogen) atoms. The van der Waals surface area contributed by atoms with Gasteiger partial charge in [0.15, 0.2) is 29.0 Å². The molecule has 0 aliphatic rings. The van der Waals surface area contributed by atoms with Gasteiger partial charge in [0.05, 0.1) is 33.0 Å². The van der Waals surface area contributed by atoms with Gasteiger partial charge in [0.1, 0.15) is 0 Å². The molecule has 0 fully saturated rings. The van der Waals surface area contributed by atoms with E-state index in [9.17, 15) is 22.8 Å². The van der Waals surface area contributed by atoms with Crippen LogP contribution in [0.2, 0.25) is 0 Å². The minimum absolute atomic E-state index is 0.0482. The van der Waals surface area contributed by atoms with Crippen LogP contribution in [0.1, 0.15) is 18.9 Å². The highest BCUT2D eigenvalue weighted by Gasteiger charge is 2.18. The second-order valence-corrected chi connectivity index (χ2v) is 7.27. The third-order valence-corrected chi connectivity index (χ3v) is 4.77. The van der Waals surface area contributed by atoms with Crippen molar-refractivity contribution in [1.82, 2.24) is 10.2 Å². The molecular formula is C23H28F3N3O4. The molecule has 0 atom stereocenters. The van der Waals surface area contributed by atoms with E-state index < -0.39 is 29.0 Å². The van der Waals surface area contributed by atoms with E-state index in [0.29, 0.717) is 37.4 Å². The normalized spacial score (nSPS) is 10.8. The van der Waals surface area contributed by atoms with Gasteiger partial charge < -0.3 is 20.1 Å². The van der Waals surface area contributed by atoms with Gasteiger partial charge in [-0.05, 0) is 49.2 Å². The quantitative estimate of drug-likeness (QED) is 0.469. The summed E-state index contributed by atoms with van der Waals surface area (Å²) in [7, 11) is 3.09. The van der Waals surface area contributed by atoms with E-state index in [1.54, 1.807) is 25.2 Å². The summed E-state index contributed by atoms with van der Waals surface area (Å²) >= 11 is 0. The number of anilines is 1. The van der Waals surface area contributed by atoms with Gasteiger partial charge in [-0.25, -0.2) is 13.2 Å². The molecule has 2 N–H and O–H groups in total. The lowest BCUT2D eigenvalue weighted by Crippen LogP contribution is -2.42. The maximum atomic E-state index is 13.8. The van der Waals surface area contributed by atoms with Crippen LogP contribution in [0.25, 0.3) is 0 Å². The van der Waals surface area contributed by atoms with Crippen LogP contribution in [-0.2, 0) is 16.0 Å². The van der Waals surface area contributed by atoms with Crippen molar-refractivity contribution in [1.29, 1.82) is 0 Å². The van der Waals surface area contributed by atoms with Crippen LogP contribution < -0.4 is 20.1 Å². The highest BCUT2D eigenvalue weighted by atomic mass is 19.2. The van der Waals surface area contributed by atoms with Crippen LogP contribution in [0.3, 0.4) is 0 Å². The molecule has 0 unspecified atom stereocenters. The lowest BCUT2D eigenvalue weighted by molar-refractivity contribution is -0.123. The summed E-state index contributed by atoms with van der Waals surface area (Å²) in [6.07, 6.45) is 1.24. The summed E-state index contributed by atoms with van der Waals surface area (Å²) in [6, 6.07) is 7.16. The Morgan fingerprint density at radius 1 is 0.939 bits per heavy atom. The Hall–Kier alpha value is -3.27. The summed E-state index contributed by atoms with van der Waals surface area (Å²) in [4.78, 5) is 26.2. The minimum Gasteiger partial charge on any atom is -0.493 e. The molecule has 2 aromatic rings. The summed E-state index contributed by atoms with van der Waals surface area (Å²) in [5.74, 6) is -4.20. The lowest BCUT2D eigenvalue weighted by Gasteiger charge is -2.20. The zero-order chi connectivity index (χ0) is 24.4. The topological polar surface area (TPSA) is 79.9 Å².